The number of aromatic hydroxyl groups is 1. The van der Waals surface area contributed by atoms with Crippen molar-refractivity contribution in [2.45, 2.75) is 0 Å². The van der Waals surface area contributed by atoms with Gasteiger partial charge in [-0.2, -0.15) is 4.98 Å². The molecule has 1 aliphatic heterocycles. The van der Waals surface area contributed by atoms with Crippen LogP contribution in [0.1, 0.15) is 4.88 Å². The van der Waals surface area contributed by atoms with Crippen LogP contribution in [-0.4, -0.2) is 20.9 Å². The Kier molecular flexibility index (Phi) is 4.09. The van der Waals surface area contributed by atoms with E-state index >= 15 is 0 Å². The molecule has 2 heterocycles. The Morgan fingerprint density at radius 1 is 1.22 bits per heavy atom. The number of amides is 1. The standard InChI is InChI=1S/C17H9ClN4O4S/c18-8-2-1-3-9(6-8)19-17-21-16(24)14(27-17)13-11-7-10(22(25)26)4-5-12(11)20-15(13)23/h1-7,24H,(H,19,21). The second kappa shape index (κ2) is 6.45. The van der Waals surface area contributed by atoms with Crippen LogP contribution in [0.4, 0.5) is 16.5 Å². The third-order valence-corrected chi connectivity index (χ3v) is 5.02. The van der Waals surface area contributed by atoms with E-state index in [2.05, 4.69) is 15.3 Å². The lowest BCUT2D eigenvalue weighted by molar-refractivity contribution is -0.385. The quantitative estimate of drug-likeness (QED) is 0.513. The van der Waals surface area contributed by atoms with E-state index in [1.807, 2.05) is 0 Å². The number of carbonyl (C=O) groups excluding carboxylic acids is 1. The molecule has 1 amide bonds. The number of anilines is 2. The molecule has 1 aromatic heterocycles. The number of carbonyl (C=O) groups is 1. The molecule has 0 bridgehead atoms. The number of hydrogen-bond acceptors (Lipinski definition) is 7. The fourth-order valence-electron chi connectivity index (χ4n) is 2.65. The van der Waals surface area contributed by atoms with Crippen LogP contribution in [0.2, 0.25) is 5.02 Å². The van der Waals surface area contributed by atoms with Gasteiger partial charge >= 0.3 is 0 Å². The fourth-order valence-corrected chi connectivity index (χ4v) is 3.77. The van der Waals surface area contributed by atoms with Crippen LogP contribution in [0.5, 0.6) is 5.88 Å². The first-order valence-corrected chi connectivity index (χ1v) is 8.76. The molecule has 10 heteroatoms. The van der Waals surface area contributed by atoms with Crippen molar-refractivity contribution in [1.82, 2.24) is 4.98 Å². The van der Waals surface area contributed by atoms with Crippen LogP contribution in [0.25, 0.3) is 5.57 Å². The SMILES string of the molecule is O=C1N=c2ccc([N+](=O)[O-])cc2=C1c1sc(Nc2cccc(Cl)c2)nc1O. The summed E-state index contributed by atoms with van der Waals surface area (Å²) in [6.07, 6.45) is 0. The first-order valence-electron chi connectivity index (χ1n) is 7.57. The van der Waals surface area contributed by atoms with Gasteiger partial charge in [0.1, 0.15) is 4.88 Å². The van der Waals surface area contributed by atoms with E-state index in [9.17, 15) is 20.0 Å². The lowest BCUT2D eigenvalue weighted by Gasteiger charge is -2.01. The predicted octanol–water partition coefficient (Wildman–Crippen LogP) is 2.51. The summed E-state index contributed by atoms with van der Waals surface area (Å²) in [5.41, 5.74) is 0.576. The monoisotopic (exact) mass is 400 g/mol. The highest BCUT2D eigenvalue weighted by atomic mass is 35.5. The van der Waals surface area contributed by atoms with Gasteiger partial charge in [-0.15, -0.1) is 0 Å². The van der Waals surface area contributed by atoms with Crippen molar-refractivity contribution in [2.24, 2.45) is 4.99 Å². The molecule has 0 unspecified atom stereocenters. The normalized spacial score (nSPS) is 12.6. The Morgan fingerprint density at radius 3 is 2.78 bits per heavy atom. The molecule has 3 aromatic rings. The average molecular weight is 401 g/mol. The topological polar surface area (TPSA) is 118 Å². The molecule has 0 atom stereocenters. The number of rotatable bonds is 4. The predicted molar refractivity (Wildman–Crippen MR) is 99.9 cm³/mol. The summed E-state index contributed by atoms with van der Waals surface area (Å²) >= 11 is 6.98. The molecule has 2 N–H and O–H groups in total. The van der Waals surface area contributed by atoms with Crippen LogP contribution in [0.15, 0.2) is 47.5 Å². The van der Waals surface area contributed by atoms with Crippen molar-refractivity contribution < 1.29 is 14.8 Å². The maximum atomic E-state index is 12.3. The van der Waals surface area contributed by atoms with Gasteiger partial charge in [0, 0.05) is 28.1 Å². The van der Waals surface area contributed by atoms with Crippen LogP contribution < -0.4 is 15.9 Å². The van der Waals surface area contributed by atoms with Crippen molar-refractivity contribution in [1.29, 1.82) is 0 Å². The third-order valence-electron chi connectivity index (χ3n) is 3.81. The van der Waals surface area contributed by atoms with Crippen molar-refractivity contribution >= 4 is 50.9 Å². The minimum Gasteiger partial charge on any atom is -0.492 e. The van der Waals surface area contributed by atoms with E-state index in [4.69, 9.17) is 11.6 Å². The van der Waals surface area contributed by atoms with E-state index < -0.39 is 10.8 Å². The summed E-state index contributed by atoms with van der Waals surface area (Å²) in [6.45, 7) is 0. The van der Waals surface area contributed by atoms with Gasteiger partial charge in [0.15, 0.2) is 5.13 Å². The number of aromatic nitrogens is 1. The number of halogens is 1. The van der Waals surface area contributed by atoms with Gasteiger partial charge in [-0.3, -0.25) is 14.9 Å². The zero-order valence-corrected chi connectivity index (χ0v) is 14.9. The first kappa shape index (κ1) is 17.1. The molecule has 27 heavy (non-hydrogen) atoms. The number of thiazole rings is 1. The molecule has 0 saturated carbocycles. The van der Waals surface area contributed by atoms with Gasteiger partial charge in [-0.1, -0.05) is 29.0 Å². The smallest absolute Gasteiger partial charge is 0.279 e. The van der Waals surface area contributed by atoms with E-state index in [1.54, 1.807) is 24.3 Å². The number of non-ortho nitro benzene ring substituents is 1. The van der Waals surface area contributed by atoms with E-state index in [-0.39, 0.29) is 22.0 Å². The number of nitro benzene ring substituents is 1. The number of nitrogens with one attached hydrogen (secondary N) is 1. The summed E-state index contributed by atoms with van der Waals surface area (Å²) < 4.78 is 0. The number of benzene rings is 2. The Labute approximate surface area is 160 Å². The molecular formula is C17H9ClN4O4S. The van der Waals surface area contributed by atoms with E-state index in [0.717, 1.165) is 11.3 Å². The van der Waals surface area contributed by atoms with Crippen molar-refractivity contribution in [3.05, 3.63) is 73.1 Å². The first-order chi connectivity index (χ1) is 12.9. The Balaban J connectivity index is 1.82. The summed E-state index contributed by atoms with van der Waals surface area (Å²) in [5.74, 6) is -0.943. The highest BCUT2D eigenvalue weighted by molar-refractivity contribution is 7.17. The number of nitrogens with zero attached hydrogens (tertiary/aromatic N) is 3. The summed E-state index contributed by atoms with van der Waals surface area (Å²) in [4.78, 5) is 30.9. The highest BCUT2D eigenvalue weighted by Crippen LogP contribution is 2.35. The van der Waals surface area contributed by atoms with Crippen LogP contribution >= 0.6 is 22.9 Å². The second-order valence-corrected chi connectivity index (χ2v) is 6.99. The van der Waals surface area contributed by atoms with Crippen LogP contribution in [-0.2, 0) is 4.79 Å². The molecule has 0 spiro atoms. The molecule has 2 aromatic carbocycles. The summed E-state index contributed by atoms with van der Waals surface area (Å²) in [6, 6.07) is 10.9. The number of nitro groups is 1. The van der Waals surface area contributed by atoms with E-state index in [0.29, 0.717) is 26.4 Å². The van der Waals surface area contributed by atoms with Crippen LogP contribution in [0, 0.1) is 10.1 Å². The molecule has 0 saturated heterocycles. The number of fused-ring (bicyclic) bond motifs is 1. The minimum atomic E-state index is -0.584. The van der Waals surface area contributed by atoms with Gasteiger partial charge < -0.3 is 10.4 Å². The molecule has 134 valence electrons. The Hall–Kier alpha value is -3.30. The average Bonchev–Trinajstić information content (AvgIpc) is 3.12. The molecule has 4 rings (SSSR count). The highest BCUT2D eigenvalue weighted by Gasteiger charge is 2.26. The van der Waals surface area contributed by atoms with Gasteiger partial charge in [0.2, 0.25) is 5.88 Å². The van der Waals surface area contributed by atoms with Crippen LogP contribution in [0.3, 0.4) is 0 Å². The minimum absolute atomic E-state index is 0.0860. The molecular weight excluding hydrogens is 392 g/mol. The zero-order chi connectivity index (χ0) is 19.1. The third kappa shape index (κ3) is 3.14. The van der Waals surface area contributed by atoms with Gasteiger partial charge in [-0.25, -0.2) is 4.99 Å². The molecule has 8 nitrogen and oxygen atoms in total. The maximum Gasteiger partial charge on any atom is 0.279 e. The molecule has 0 radical (unpaired) electrons. The van der Waals surface area contributed by atoms with Gasteiger partial charge in [0.05, 0.1) is 15.9 Å². The molecule has 1 aliphatic rings. The molecule has 0 fully saturated rings. The zero-order valence-electron chi connectivity index (χ0n) is 13.3. The van der Waals surface area contributed by atoms with E-state index in [1.165, 1.54) is 18.2 Å². The fraction of sp³-hybridized carbons (Fsp3) is 0. The van der Waals surface area contributed by atoms with Crippen molar-refractivity contribution in [3.8, 4) is 5.88 Å². The Bertz CT molecular complexity index is 1240. The van der Waals surface area contributed by atoms with Gasteiger partial charge in [0.25, 0.3) is 11.6 Å². The lowest BCUT2D eigenvalue weighted by Crippen LogP contribution is -2.23. The van der Waals surface area contributed by atoms with Gasteiger partial charge in [-0.05, 0) is 24.3 Å². The molecule has 0 aliphatic carbocycles. The second-order valence-electron chi connectivity index (χ2n) is 5.56. The summed E-state index contributed by atoms with van der Waals surface area (Å²) in [5, 5.41) is 25.7. The maximum absolute atomic E-state index is 12.3. The number of hydrogen-bond donors (Lipinski definition) is 2. The lowest BCUT2D eigenvalue weighted by atomic mass is 10.1. The Morgan fingerprint density at radius 2 is 2.04 bits per heavy atom. The van der Waals surface area contributed by atoms with Crippen molar-refractivity contribution in [2.75, 3.05) is 5.32 Å². The van der Waals surface area contributed by atoms with Crippen molar-refractivity contribution in [3.63, 3.8) is 0 Å². The largest absolute Gasteiger partial charge is 0.492 e. The summed E-state index contributed by atoms with van der Waals surface area (Å²) in [7, 11) is 0.